The standard InChI is InChI=1S/C16H17ClN2O/c1-10-14(7-8-16(17)18-10)19-15-4-2-3-11-5-6-12(20)9-13(11)15/h5-9,15,19-20H,2-4H2,1H3. The lowest BCUT2D eigenvalue weighted by Gasteiger charge is -2.28. The Bertz CT molecular complexity index is 642. The average Bonchev–Trinajstić information content (AvgIpc) is 2.42. The molecular weight excluding hydrogens is 272 g/mol. The molecule has 1 heterocycles. The molecule has 2 aromatic rings. The van der Waals surface area contributed by atoms with Gasteiger partial charge in [-0.25, -0.2) is 4.98 Å². The molecule has 0 radical (unpaired) electrons. The van der Waals surface area contributed by atoms with Crippen molar-refractivity contribution in [2.45, 2.75) is 32.2 Å². The van der Waals surface area contributed by atoms with E-state index in [-0.39, 0.29) is 6.04 Å². The number of aryl methyl sites for hydroxylation is 2. The van der Waals surface area contributed by atoms with Gasteiger partial charge in [-0.3, -0.25) is 0 Å². The molecule has 0 spiro atoms. The lowest BCUT2D eigenvalue weighted by atomic mass is 9.87. The van der Waals surface area contributed by atoms with Gasteiger partial charge in [-0.1, -0.05) is 17.7 Å². The second-order valence-corrected chi connectivity index (χ2v) is 5.63. The van der Waals surface area contributed by atoms with Crippen LogP contribution in [0.2, 0.25) is 5.15 Å². The number of nitrogens with one attached hydrogen (secondary N) is 1. The van der Waals surface area contributed by atoms with Gasteiger partial charge in [0.2, 0.25) is 0 Å². The molecule has 2 N–H and O–H groups in total. The Morgan fingerprint density at radius 2 is 2.15 bits per heavy atom. The average molecular weight is 289 g/mol. The maximum atomic E-state index is 9.71. The molecule has 3 rings (SSSR count). The molecule has 0 saturated heterocycles. The van der Waals surface area contributed by atoms with Crippen molar-refractivity contribution in [3.05, 3.63) is 52.3 Å². The summed E-state index contributed by atoms with van der Waals surface area (Å²) in [7, 11) is 0. The molecule has 1 aliphatic rings. The summed E-state index contributed by atoms with van der Waals surface area (Å²) < 4.78 is 0. The molecule has 1 atom stereocenters. The van der Waals surface area contributed by atoms with Crippen molar-refractivity contribution in [2.75, 3.05) is 5.32 Å². The van der Waals surface area contributed by atoms with E-state index in [2.05, 4.69) is 10.3 Å². The van der Waals surface area contributed by atoms with Gasteiger partial charge in [0.25, 0.3) is 0 Å². The second kappa shape index (κ2) is 5.33. The number of phenolic OH excluding ortho intramolecular Hbond substituents is 1. The van der Waals surface area contributed by atoms with Gasteiger partial charge in [-0.15, -0.1) is 0 Å². The number of halogens is 1. The quantitative estimate of drug-likeness (QED) is 0.813. The summed E-state index contributed by atoms with van der Waals surface area (Å²) in [4.78, 5) is 4.27. The number of hydrogen-bond acceptors (Lipinski definition) is 3. The first-order valence-electron chi connectivity index (χ1n) is 6.85. The first-order valence-corrected chi connectivity index (χ1v) is 7.23. The number of aromatic nitrogens is 1. The Labute approximate surface area is 123 Å². The van der Waals surface area contributed by atoms with Gasteiger partial charge in [-0.2, -0.15) is 0 Å². The SMILES string of the molecule is Cc1nc(Cl)ccc1NC1CCCc2ccc(O)cc21. The molecule has 0 amide bonds. The number of pyridine rings is 1. The van der Waals surface area contributed by atoms with Crippen LogP contribution in [0.15, 0.2) is 30.3 Å². The number of nitrogens with zero attached hydrogens (tertiary/aromatic N) is 1. The van der Waals surface area contributed by atoms with Crippen LogP contribution in [0.3, 0.4) is 0 Å². The van der Waals surface area contributed by atoms with Crippen molar-refractivity contribution in [2.24, 2.45) is 0 Å². The van der Waals surface area contributed by atoms with E-state index in [0.717, 1.165) is 30.6 Å². The minimum absolute atomic E-state index is 0.215. The fraction of sp³-hybridized carbons (Fsp3) is 0.312. The van der Waals surface area contributed by atoms with E-state index < -0.39 is 0 Å². The van der Waals surface area contributed by atoms with Crippen LogP contribution in [-0.2, 0) is 6.42 Å². The lowest BCUT2D eigenvalue weighted by Crippen LogP contribution is -2.18. The molecule has 0 fully saturated rings. The third-order valence-electron chi connectivity index (χ3n) is 3.83. The molecule has 1 aliphatic carbocycles. The summed E-state index contributed by atoms with van der Waals surface area (Å²) >= 11 is 5.89. The smallest absolute Gasteiger partial charge is 0.129 e. The summed E-state index contributed by atoms with van der Waals surface area (Å²) in [5.41, 5.74) is 4.39. The third-order valence-corrected chi connectivity index (χ3v) is 4.04. The van der Waals surface area contributed by atoms with Crippen LogP contribution in [0.1, 0.15) is 35.7 Å². The Morgan fingerprint density at radius 1 is 1.30 bits per heavy atom. The van der Waals surface area contributed by atoms with E-state index in [1.807, 2.05) is 25.1 Å². The van der Waals surface area contributed by atoms with E-state index in [1.54, 1.807) is 12.1 Å². The normalized spacial score (nSPS) is 17.6. The molecule has 1 unspecified atom stereocenters. The number of benzene rings is 1. The van der Waals surface area contributed by atoms with Gasteiger partial charge in [0.05, 0.1) is 17.4 Å². The number of phenols is 1. The van der Waals surface area contributed by atoms with E-state index in [0.29, 0.717) is 10.9 Å². The number of aromatic hydroxyl groups is 1. The molecule has 4 heteroatoms. The largest absolute Gasteiger partial charge is 0.508 e. The Morgan fingerprint density at radius 3 is 2.95 bits per heavy atom. The number of fused-ring (bicyclic) bond motifs is 1. The zero-order valence-electron chi connectivity index (χ0n) is 11.4. The summed E-state index contributed by atoms with van der Waals surface area (Å²) in [5, 5.41) is 13.7. The summed E-state index contributed by atoms with van der Waals surface area (Å²) in [5.74, 6) is 0.323. The molecule has 0 aliphatic heterocycles. The highest BCUT2D eigenvalue weighted by molar-refractivity contribution is 6.29. The van der Waals surface area contributed by atoms with Gasteiger partial charge in [0.15, 0.2) is 0 Å². The predicted molar refractivity (Wildman–Crippen MR) is 81.4 cm³/mol. The minimum atomic E-state index is 0.215. The maximum Gasteiger partial charge on any atom is 0.129 e. The zero-order chi connectivity index (χ0) is 14.1. The van der Waals surface area contributed by atoms with Crippen molar-refractivity contribution >= 4 is 17.3 Å². The summed E-state index contributed by atoms with van der Waals surface area (Å²) in [6.07, 6.45) is 3.28. The number of anilines is 1. The van der Waals surface area contributed by atoms with E-state index in [9.17, 15) is 5.11 Å². The van der Waals surface area contributed by atoms with Gasteiger partial charge < -0.3 is 10.4 Å². The van der Waals surface area contributed by atoms with Crippen molar-refractivity contribution in [1.82, 2.24) is 4.98 Å². The zero-order valence-corrected chi connectivity index (χ0v) is 12.1. The number of rotatable bonds is 2. The molecule has 20 heavy (non-hydrogen) atoms. The Hall–Kier alpha value is -1.74. The van der Waals surface area contributed by atoms with Crippen LogP contribution >= 0.6 is 11.6 Å². The van der Waals surface area contributed by atoms with Gasteiger partial charge in [0.1, 0.15) is 10.9 Å². The first kappa shape index (κ1) is 13.3. The topological polar surface area (TPSA) is 45.2 Å². The molecular formula is C16H17ClN2O. The second-order valence-electron chi connectivity index (χ2n) is 5.24. The number of hydrogen-bond donors (Lipinski definition) is 2. The van der Waals surface area contributed by atoms with E-state index in [1.165, 1.54) is 11.1 Å². The summed E-state index contributed by atoms with van der Waals surface area (Å²) in [6, 6.07) is 9.62. The highest BCUT2D eigenvalue weighted by atomic mass is 35.5. The van der Waals surface area contributed by atoms with Crippen LogP contribution < -0.4 is 5.32 Å². The van der Waals surface area contributed by atoms with Crippen molar-refractivity contribution in [1.29, 1.82) is 0 Å². The van der Waals surface area contributed by atoms with Gasteiger partial charge in [-0.05, 0) is 61.6 Å². The minimum Gasteiger partial charge on any atom is -0.508 e. The lowest BCUT2D eigenvalue weighted by molar-refractivity contribution is 0.471. The fourth-order valence-corrected chi connectivity index (χ4v) is 3.00. The van der Waals surface area contributed by atoms with E-state index >= 15 is 0 Å². The monoisotopic (exact) mass is 288 g/mol. The van der Waals surface area contributed by atoms with Gasteiger partial charge >= 0.3 is 0 Å². The van der Waals surface area contributed by atoms with E-state index in [4.69, 9.17) is 11.6 Å². The Kier molecular flexibility index (Phi) is 3.53. The molecule has 104 valence electrons. The third kappa shape index (κ3) is 2.59. The molecule has 3 nitrogen and oxygen atoms in total. The molecule has 0 bridgehead atoms. The first-order chi connectivity index (χ1) is 9.63. The molecule has 0 saturated carbocycles. The molecule has 1 aromatic carbocycles. The van der Waals surface area contributed by atoms with Crippen LogP contribution in [0.5, 0.6) is 5.75 Å². The van der Waals surface area contributed by atoms with Crippen LogP contribution in [0.25, 0.3) is 0 Å². The maximum absolute atomic E-state index is 9.71. The van der Waals surface area contributed by atoms with Crippen LogP contribution in [-0.4, -0.2) is 10.1 Å². The summed E-state index contributed by atoms with van der Waals surface area (Å²) in [6.45, 7) is 1.94. The predicted octanol–water partition coefficient (Wildman–Crippen LogP) is 4.24. The van der Waals surface area contributed by atoms with Crippen molar-refractivity contribution in [3.8, 4) is 5.75 Å². The molecule has 1 aromatic heterocycles. The fourth-order valence-electron chi connectivity index (χ4n) is 2.81. The van der Waals surface area contributed by atoms with Crippen LogP contribution in [0.4, 0.5) is 5.69 Å². The Balaban J connectivity index is 1.91. The van der Waals surface area contributed by atoms with Gasteiger partial charge in [0, 0.05) is 0 Å². The highest BCUT2D eigenvalue weighted by Crippen LogP contribution is 2.35. The van der Waals surface area contributed by atoms with Crippen LogP contribution in [0, 0.1) is 6.92 Å². The highest BCUT2D eigenvalue weighted by Gasteiger charge is 2.21. The van der Waals surface area contributed by atoms with Crippen molar-refractivity contribution < 1.29 is 5.11 Å². The van der Waals surface area contributed by atoms with Crippen molar-refractivity contribution in [3.63, 3.8) is 0 Å².